The number of rotatable bonds is 6. The van der Waals surface area contributed by atoms with E-state index >= 15 is 0 Å². The van der Waals surface area contributed by atoms with Crippen LogP contribution in [0.15, 0.2) is 30.3 Å². The maximum Gasteiger partial charge on any atom is 0.0962 e. The van der Waals surface area contributed by atoms with E-state index < -0.39 is 0 Å². The molecule has 1 saturated heterocycles. The molecule has 0 amide bonds. The molecule has 0 N–H and O–H groups in total. The third kappa shape index (κ3) is 3.99. The van der Waals surface area contributed by atoms with Crippen molar-refractivity contribution in [2.24, 2.45) is 0 Å². The Balaban J connectivity index is 2.01. The fourth-order valence-corrected chi connectivity index (χ4v) is 3.29. The Hall–Kier alpha value is -1.02. The Labute approximate surface area is 125 Å². The maximum atomic E-state index is 2.60. The molecule has 1 aliphatic rings. The van der Waals surface area contributed by atoms with Crippen molar-refractivity contribution in [3.63, 3.8) is 0 Å². The molecule has 1 unspecified atom stereocenters. The summed E-state index contributed by atoms with van der Waals surface area (Å²) < 4.78 is 1.26. The number of likely N-dealkylation sites (N-methyl/N-ethyl adjacent to an activating group) is 1. The highest BCUT2D eigenvalue weighted by Gasteiger charge is 2.26. The van der Waals surface area contributed by atoms with E-state index in [1.54, 1.807) is 0 Å². The van der Waals surface area contributed by atoms with Gasteiger partial charge in [-0.15, -0.1) is 0 Å². The van der Waals surface area contributed by atoms with Crippen LogP contribution in [0.4, 0.5) is 5.69 Å². The normalized spacial score (nSPS) is 19.6. The fraction of sp³-hybridized carbons (Fsp3) is 0.667. The number of hydrogen-bond donors (Lipinski definition) is 0. The summed E-state index contributed by atoms with van der Waals surface area (Å²) in [5.74, 6) is 0. The van der Waals surface area contributed by atoms with Gasteiger partial charge in [0.25, 0.3) is 0 Å². The van der Waals surface area contributed by atoms with E-state index in [1.807, 2.05) is 0 Å². The molecule has 0 spiro atoms. The first kappa shape index (κ1) is 15.4. The fourth-order valence-electron chi connectivity index (χ4n) is 3.29. The highest BCUT2D eigenvalue weighted by molar-refractivity contribution is 5.46. The van der Waals surface area contributed by atoms with Crippen LogP contribution in [0.1, 0.15) is 39.5 Å². The van der Waals surface area contributed by atoms with Gasteiger partial charge in [0.2, 0.25) is 0 Å². The monoisotopic (exact) mass is 275 g/mol. The van der Waals surface area contributed by atoms with Gasteiger partial charge in [0, 0.05) is 11.7 Å². The van der Waals surface area contributed by atoms with Crippen LogP contribution in [0.25, 0.3) is 0 Å². The number of quaternary nitrogens is 1. The van der Waals surface area contributed by atoms with Crippen LogP contribution < -0.4 is 4.90 Å². The predicted octanol–water partition coefficient (Wildman–Crippen LogP) is 3.92. The van der Waals surface area contributed by atoms with Gasteiger partial charge in [-0.25, -0.2) is 0 Å². The predicted molar refractivity (Wildman–Crippen MR) is 88.2 cm³/mol. The average Bonchev–Trinajstić information content (AvgIpc) is 2.49. The van der Waals surface area contributed by atoms with Crippen molar-refractivity contribution >= 4 is 5.69 Å². The number of likely N-dealkylation sites (tertiary alicyclic amines) is 1. The van der Waals surface area contributed by atoms with E-state index in [1.165, 1.54) is 62.0 Å². The molecule has 2 rings (SSSR count). The first-order valence-electron chi connectivity index (χ1n) is 8.30. The highest BCUT2D eigenvalue weighted by Crippen LogP contribution is 2.21. The lowest BCUT2D eigenvalue weighted by molar-refractivity contribution is -0.912. The van der Waals surface area contributed by atoms with E-state index in [0.717, 1.165) is 0 Å². The molecule has 20 heavy (non-hydrogen) atoms. The number of hydrogen-bond acceptors (Lipinski definition) is 1. The van der Waals surface area contributed by atoms with E-state index in [4.69, 9.17) is 0 Å². The number of piperidine rings is 1. The van der Waals surface area contributed by atoms with E-state index in [-0.39, 0.29) is 0 Å². The van der Waals surface area contributed by atoms with Crippen LogP contribution in [0, 0.1) is 0 Å². The Morgan fingerprint density at radius 1 is 1.10 bits per heavy atom. The van der Waals surface area contributed by atoms with Gasteiger partial charge in [-0.2, -0.15) is 0 Å². The van der Waals surface area contributed by atoms with Crippen LogP contribution in [0.2, 0.25) is 0 Å². The zero-order valence-electron chi connectivity index (χ0n) is 13.5. The van der Waals surface area contributed by atoms with Gasteiger partial charge in [-0.1, -0.05) is 25.1 Å². The van der Waals surface area contributed by atoms with Crippen LogP contribution in [-0.2, 0) is 0 Å². The molecule has 0 saturated carbocycles. The molecule has 0 bridgehead atoms. The summed E-state index contributed by atoms with van der Waals surface area (Å²) in [4.78, 5) is 2.60. The Kier molecular flexibility index (Phi) is 5.47. The standard InChI is InChI=1S/C18H31N2/c1-4-17(2)19(18-11-7-5-8-12-18)13-16-20(3)14-9-6-10-15-20/h5,7-8,11-12,17H,4,6,9-10,13-16H2,1-3H3/q+1. The zero-order chi connectivity index (χ0) is 14.4. The van der Waals surface area contributed by atoms with Gasteiger partial charge in [0.15, 0.2) is 0 Å². The van der Waals surface area contributed by atoms with Crippen LogP contribution in [0.5, 0.6) is 0 Å². The smallest absolute Gasteiger partial charge is 0.0962 e. The summed E-state index contributed by atoms with van der Waals surface area (Å²) in [6.45, 7) is 9.82. The molecular weight excluding hydrogens is 244 g/mol. The lowest BCUT2D eigenvalue weighted by Crippen LogP contribution is -2.52. The Bertz CT molecular complexity index is 382. The van der Waals surface area contributed by atoms with Gasteiger partial charge in [0.05, 0.1) is 33.2 Å². The Morgan fingerprint density at radius 3 is 2.35 bits per heavy atom. The molecule has 1 atom stereocenters. The molecule has 1 heterocycles. The van der Waals surface area contributed by atoms with Crippen LogP contribution in [0.3, 0.4) is 0 Å². The van der Waals surface area contributed by atoms with Gasteiger partial charge >= 0.3 is 0 Å². The van der Waals surface area contributed by atoms with Crippen molar-refractivity contribution in [1.29, 1.82) is 0 Å². The molecule has 1 aliphatic heterocycles. The van der Waals surface area contributed by atoms with Gasteiger partial charge in [-0.3, -0.25) is 0 Å². The molecule has 0 aromatic heterocycles. The summed E-state index contributed by atoms with van der Waals surface area (Å²) in [5, 5.41) is 0. The average molecular weight is 275 g/mol. The summed E-state index contributed by atoms with van der Waals surface area (Å²) in [6, 6.07) is 11.5. The Morgan fingerprint density at radius 2 is 1.75 bits per heavy atom. The molecule has 112 valence electrons. The number of para-hydroxylation sites is 1. The van der Waals surface area contributed by atoms with Crippen molar-refractivity contribution in [1.82, 2.24) is 0 Å². The van der Waals surface area contributed by atoms with Crippen molar-refractivity contribution < 1.29 is 4.48 Å². The van der Waals surface area contributed by atoms with E-state index in [9.17, 15) is 0 Å². The van der Waals surface area contributed by atoms with Crippen LogP contribution in [-0.4, -0.2) is 43.8 Å². The molecule has 1 aromatic carbocycles. The highest BCUT2D eigenvalue weighted by atomic mass is 15.3. The molecular formula is C18H31N2+. The summed E-state index contributed by atoms with van der Waals surface area (Å²) in [7, 11) is 2.44. The lowest BCUT2D eigenvalue weighted by atomic mass is 10.1. The number of benzene rings is 1. The second-order valence-electron chi connectivity index (χ2n) is 6.64. The second kappa shape index (κ2) is 7.12. The molecule has 2 nitrogen and oxygen atoms in total. The van der Waals surface area contributed by atoms with E-state index in [2.05, 4.69) is 56.1 Å². The lowest BCUT2D eigenvalue weighted by Gasteiger charge is -2.40. The minimum atomic E-state index is 0.619. The molecule has 0 radical (unpaired) electrons. The second-order valence-corrected chi connectivity index (χ2v) is 6.64. The van der Waals surface area contributed by atoms with E-state index in [0.29, 0.717) is 6.04 Å². The van der Waals surface area contributed by atoms with Crippen molar-refractivity contribution in [2.75, 3.05) is 38.1 Å². The minimum Gasteiger partial charge on any atom is -0.363 e. The molecule has 0 aliphatic carbocycles. The summed E-state index contributed by atoms with van der Waals surface area (Å²) in [6.07, 6.45) is 5.45. The number of anilines is 1. The van der Waals surface area contributed by atoms with Gasteiger partial charge in [-0.05, 0) is 44.7 Å². The molecule has 1 fully saturated rings. The zero-order valence-corrected chi connectivity index (χ0v) is 13.5. The summed E-state index contributed by atoms with van der Waals surface area (Å²) in [5.41, 5.74) is 1.38. The van der Waals surface area contributed by atoms with Crippen molar-refractivity contribution in [3.8, 4) is 0 Å². The minimum absolute atomic E-state index is 0.619. The third-order valence-corrected chi connectivity index (χ3v) is 4.99. The van der Waals surface area contributed by atoms with Crippen molar-refractivity contribution in [3.05, 3.63) is 30.3 Å². The van der Waals surface area contributed by atoms with Crippen LogP contribution >= 0.6 is 0 Å². The SMILES string of the molecule is CCC(C)N(CC[N+]1(C)CCCCC1)c1ccccc1. The molecule has 2 heteroatoms. The quantitative estimate of drug-likeness (QED) is 0.711. The summed E-state index contributed by atoms with van der Waals surface area (Å²) >= 11 is 0. The van der Waals surface area contributed by atoms with Crippen molar-refractivity contribution in [2.45, 2.75) is 45.6 Å². The first-order chi connectivity index (χ1) is 9.64. The van der Waals surface area contributed by atoms with Gasteiger partial charge < -0.3 is 9.38 Å². The first-order valence-corrected chi connectivity index (χ1v) is 8.30. The van der Waals surface area contributed by atoms with Gasteiger partial charge in [0.1, 0.15) is 0 Å². The maximum absolute atomic E-state index is 2.60. The number of nitrogens with zero attached hydrogens (tertiary/aromatic N) is 2. The topological polar surface area (TPSA) is 3.24 Å². The molecule has 1 aromatic rings. The largest absolute Gasteiger partial charge is 0.363 e. The third-order valence-electron chi connectivity index (χ3n) is 4.99.